The third kappa shape index (κ3) is 6.27. The van der Waals surface area contributed by atoms with Gasteiger partial charge < -0.3 is 5.32 Å². The second-order valence-electron chi connectivity index (χ2n) is 5.42. The average molecular weight is 352 g/mol. The number of piperazine rings is 1. The number of rotatable bonds is 6. The zero-order chi connectivity index (χ0) is 14.8. The summed E-state index contributed by atoms with van der Waals surface area (Å²) in [5.74, 6) is 0.0649. The molecule has 2 rings (SSSR count). The van der Waals surface area contributed by atoms with Crippen molar-refractivity contribution in [1.29, 1.82) is 0 Å². The van der Waals surface area contributed by atoms with Crippen molar-refractivity contribution in [3.8, 4) is 0 Å². The third-order valence-electron chi connectivity index (χ3n) is 3.62. The summed E-state index contributed by atoms with van der Waals surface area (Å²) in [5.41, 5.74) is 0. The van der Waals surface area contributed by atoms with Gasteiger partial charge in [-0.2, -0.15) is 13.2 Å². The maximum absolute atomic E-state index is 13.1. The van der Waals surface area contributed by atoms with Crippen LogP contribution in [-0.2, 0) is 10.0 Å². The molecule has 1 unspecified atom stereocenters. The molecule has 1 heterocycles. The highest BCUT2D eigenvalue weighted by Gasteiger charge is 2.44. The maximum Gasteiger partial charge on any atom is 0.405 e. The molecule has 5 nitrogen and oxygen atoms in total. The van der Waals surface area contributed by atoms with Gasteiger partial charge in [-0.3, -0.25) is 4.90 Å². The normalized spacial score (nSPS) is 22.6. The van der Waals surface area contributed by atoms with Crippen molar-refractivity contribution in [3.05, 3.63) is 0 Å². The number of hydrogen-bond donors (Lipinski definition) is 2. The van der Waals surface area contributed by atoms with Crippen molar-refractivity contribution in [2.24, 2.45) is 5.92 Å². The Hall–Kier alpha value is -0.0900. The minimum atomic E-state index is -4.43. The second-order valence-corrected chi connectivity index (χ2v) is 7.27. The predicted octanol–water partition coefficient (Wildman–Crippen LogP) is 0.574. The van der Waals surface area contributed by atoms with Crippen LogP contribution in [0.4, 0.5) is 13.2 Å². The van der Waals surface area contributed by atoms with Gasteiger partial charge in [0.1, 0.15) is 6.04 Å². The summed E-state index contributed by atoms with van der Waals surface area (Å²) in [7, 11) is -3.60. The number of nitrogens with one attached hydrogen (secondary N) is 2. The highest BCUT2D eigenvalue weighted by atomic mass is 35.5. The molecular formula is C11H21ClF3N3O2S. The molecule has 2 N–H and O–H groups in total. The van der Waals surface area contributed by atoms with Gasteiger partial charge >= 0.3 is 6.18 Å². The van der Waals surface area contributed by atoms with Crippen LogP contribution in [0.3, 0.4) is 0 Å². The lowest BCUT2D eigenvalue weighted by molar-refractivity contribution is -0.182. The molecule has 0 aromatic heterocycles. The Labute approximate surface area is 129 Å². The molecule has 1 aliphatic carbocycles. The fraction of sp³-hybridized carbons (Fsp3) is 1.00. The van der Waals surface area contributed by atoms with E-state index in [1.165, 1.54) is 4.90 Å². The van der Waals surface area contributed by atoms with E-state index in [2.05, 4.69) is 10.0 Å². The van der Waals surface area contributed by atoms with Gasteiger partial charge in [0.05, 0.1) is 5.75 Å². The van der Waals surface area contributed by atoms with Crippen LogP contribution >= 0.6 is 12.4 Å². The number of sulfonamides is 1. The van der Waals surface area contributed by atoms with Gasteiger partial charge in [-0.1, -0.05) is 0 Å². The molecule has 21 heavy (non-hydrogen) atoms. The fourth-order valence-electron chi connectivity index (χ4n) is 2.31. The van der Waals surface area contributed by atoms with E-state index in [0.29, 0.717) is 13.1 Å². The van der Waals surface area contributed by atoms with E-state index in [-0.39, 0.29) is 37.2 Å². The molecule has 2 fully saturated rings. The summed E-state index contributed by atoms with van der Waals surface area (Å²) in [6, 6.07) is -1.75. The van der Waals surface area contributed by atoms with Gasteiger partial charge in [-0.15, -0.1) is 12.4 Å². The van der Waals surface area contributed by atoms with Crippen molar-refractivity contribution in [3.63, 3.8) is 0 Å². The summed E-state index contributed by atoms with van der Waals surface area (Å²) in [4.78, 5) is 1.29. The van der Waals surface area contributed by atoms with Crippen LogP contribution in [0, 0.1) is 5.92 Å². The van der Waals surface area contributed by atoms with Crippen LogP contribution in [0.1, 0.15) is 12.8 Å². The van der Waals surface area contributed by atoms with Crippen LogP contribution < -0.4 is 10.0 Å². The van der Waals surface area contributed by atoms with E-state index >= 15 is 0 Å². The quantitative estimate of drug-likeness (QED) is 0.734. The molecule has 126 valence electrons. The van der Waals surface area contributed by atoms with Crippen molar-refractivity contribution < 1.29 is 21.6 Å². The number of hydrogen-bond acceptors (Lipinski definition) is 4. The molecule has 0 amide bonds. The molecule has 0 bridgehead atoms. The number of alkyl halides is 3. The van der Waals surface area contributed by atoms with Crippen LogP contribution in [0.25, 0.3) is 0 Å². The van der Waals surface area contributed by atoms with Gasteiger partial charge in [0.15, 0.2) is 0 Å². The van der Waals surface area contributed by atoms with Gasteiger partial charge in [0.2, 0.25) is 10.0 Å². The minimum absolute atomic E-state index is 0. The van der Waals surface area contributed by atoms with Crippen molar-refractivity contribution in [1.82, 2.24) is 14.9 Å². The van der Waals surface area contributed by atoms with Gasteiger partial charge in [0, 0.05) is 32.7 Å². The maximum atomic E-state index is 13.1. The zero-order valence-electron chi connectivity index (χ0n) is 11.5. The Morgan fingerprint density at radius 1 is 1.24 bits per heavy atom. The molecule has 2 aliphatic rings. The Balaban J connectivity index is 0.00000220. The Kier molecular flexibility index (Phi) is 6.73. The number of halogens is 4. The predicted molar refractivity (Wildman–Crippen MR) is 76.0 cm³/mol. The first-order valence-electron chi connectivity index (χ1n) is 6.77. The van der Waals surface area contributed by atoms with E-state index in [9.17, 15) is 21.6 Å². The Morgan fingerprint density at radius 3 is 2.29 bits per heavy atom. The van der Waals surface area contributed by atoms with Crippen molar-refractivity contribution >= 4 is 22.4 Å². The van der Waals surface area contributed by atoms with Crippen molar-refractivity contribution in [2.45, 2.75) is 25.1 Å². The smallest absolute Gasteiger partial charge is 0.314 e. The lowest BCUT2D eigenvalue weighted by Gasteiger charge is -2.35. The third-order valence-corrected chi connectivity index (χ3v) is 5.14. The van der Waals surface area contributed by atoms with Gasteiger partial charge in [-0.05, 0) is 18.8 Å². The topological polar surface area (TPSA) is 61.4 Å². The molecule has 0 spiro atoms. The first-order valence-corrected chi connectivity index (χ1v) is 8.42. The lowest BCUT2D eigenvalue weighted by Crippen LogP contribution is -2.57. The van der Waals surface area contributed by atoms with Crippen LogP contribution in [0.5, 0.6) is 0 Å². The van der Waals surface area contributed by atoms with Crippen LogP contribution in [0.15, 0.2) is 0 Å². The summed E-state index contributed by atoms with van der Waals surface area (Å²) in [5, 5.41) is 2.98. The number of nitrogens with zero attached hydrogens (tertiary/aromatic N) is 1. The average Bonchev–Trinajstić information content (AvgIpc) is 3.12. The summed E-state index contributed by atoms with van der Waals surface area (Å²) >= 11 is 0. The van der Waals surface area contributed by atoms with E-state index in [1.807, 2.05) is 0 Å². The van der Waals surface area contributed by atoms with Crippen molar-refractivity contribution in [2.75, 3.05) is 38.5 Å². The molecule has 1 atom stereocenters. The molecule has 0 aromatic carbocycles. The highest BCUT2D eigenvalue weighted by Crippen LogP contribution is 2.30. The van der Waals surface area contributed by atoms with Crippen LogP contribution in [0.2, 0.25) is 0 Å². The van der Waals surface area contributed by atoms with Gasteiger partial charge in [0.25, 0.3) is 0 Å². The summed E-state index contributed by atoms with van der Waals surface area (Å²) < 4.78 is 64.7. The van der Waals surface area contributed by atoms with E-state index < -0.39 is 28.8 Å². The Morgan fingerprint density at radius 2 is 1.81 bits per heavy atom. The summed E-state index contributed by atoms with van der Waals surface area (Å²) in [6.45, 7) is 0.921. The first-order chi connectivity index (χ1) is 9.28. The zero-order valence-corrected chi connectivity index (χ0v) is 13.2. The molecule has 0 radical (unpaired) electrons. The fourth-order valence-corrected chi connectivity index (χ4v) is 3.79. The molecular weight excluding hydrogens is 331 g/mol. The van der Waals surface area contributed by atoms with E-state index in [0.717, 1.165) is 12.8 Å². The molecule has 1 aliphatic heterocycles. The van der Waals surface area contributed by atoms with E-state index in [4.69, 9.17) is 0 Å². The first kappa shape index (κ1) is 19.0. The second kappa shape index (κ2) is 7.45. The lowest BCUT2D eigenvalue weighted by atomic mass is 10.2. The standard InChI is InChI=1S/C11H20F3N3O2S.ClH/c12-11(13,14)10(17-5-3-15-4-6-17)7-16-20(18,19)8-9-1-2-9;/h9-10,15-16H,1-8H2;1H. The van der Waals surface area contributed by atoms with Gasteiger partial charge in [-0.25, -0.2) is 13.1 Å². The largest absolute Gasteiger partial charge is 0.405 e. The SMILES string of the molecule is Cl.O=S(=O)(CC1CC1)NCC(N1CCNCC1)C(F)(F)F. The summed E-state index contributed by atoms with van der Waals surface area (Å²) in [6.07, 6.45) is -2.73. The highest BCUT2D eigenvalue weighted by molar-refractivity contribution is 7.89. The Bertz CT molecular complexity index is 423. The minimum Gasteiger partial charge on any atom is -0.314 e. The van der Waals surface area contributed by atoms with E-state index in [1.54, 1.807) is 0 Å². The molecule has 0 aromatic rings. The molecule has 10 heteroatoms. The molecule has 1 saturated carbocycles. The monoisotopic (exact) mass is 351 g/mol. The molecule has 1 saturated heterocycles. The van der Waals surface area contributed by atoms with Crippen LogP contribution in [-0.4, -0.2) is 64.0 Å².